The highest BCUT2D eigenvalue weighted by Crippen LogP contribution is 2.41. The van der Waals surface area contributed by atoms with Gasteiger partial charge in [0.05, 0.1) is 0 Å². The molecule has 6 heteroatoms. The second-order valence-corrected chi connectivity index (χ2v) is 8.38. The van der Waals surface area contributed by atoms with Crippen molar-refractivity contribution >= 4 is 17.6 Å². The molecule has 0 unspecified atom stereocenters. The van der Waals surface area contributed by atoms with E-state index < -0.39 is 0 Å². The second-order valence-electron chi connectivity index (χ2n) is 8.38. The average Bonchev–Trinajstić information content (AvgIpc) is 3.40. The van der Waals surface area contributed by atoms with E-state index in [2.05, 4.69) is 10.6 Å². The van der Waals surface area contributed by atoms with Crippen LogP contribution in [0.5, 0.6) is 0 Å². The van der Waals surface area contributed by atoms with Crippen LogP contribution < -0.4 is 10.6 Å². The first-order valence-electron chi connectivity index (χ1n) is 10.7. The Labute approximate surface area is 176 Å². The van der Waals surface area contributed by atoms with Gasteiger partial charge >= 0.3 is 6.03 Å². The first-order valence-corrected chi connectivity index (χ1v) is 10.7. The highest BCUT2D eigenvalue weighted by Gasteiger charge is 2.42. The lowest BCUT2D eigenvalue weighted by molar-refractivity contribution is -0.134. The van der Waals surface area contributed by atoms with E-state index in [-0.39, 0.29) is 35.6 Å². The topological polar surface area (TPSA) is 61.4 Å². The smallest absolute Gasteiger partial charge is 0.319 e. The quantitative estimate of drug-likeness (QED) is 0.784. The molecular weight excluding hydrogens is 381 g/mol. The molecule has 1 aliphatic heterocycles. The molecule has 4 rings (SSSR count). The summed E-state index contributed by atoms with van der Waals surface area (Å²) in [4.78, 5) is 27.7. The van der Waals surface area contributed by atoms with E-state index in [9.17, 15) is 14.0 Å². The molecule has 0 aromatic heterocycles. The molecule has 158 valence electrons. The predicted molar refractivity (Wildman–Crippen MR) is 115 cm³/mol. The number of likely N-dealkylation sites (tertiary alicyclic amines) is 1. The Kier molecular flexibility index (Phi) is 6.02. The van der Waals surface area contributed by atoms with Gasteiger partial charge in [-0.15, -0.1) is 0 Å². The van der Waals surface area contributed by atoms with Crippen molar-refractivity contribution in [1.29, 1.82) is 0 Å². The van der Waals surface area contributed by atoms with Gasteiger partial charge in [-0.1, -0.05) is 30.3 Å². The standard InChI is InChI=1S/C24H28FN3O2/c1-16-6-2-3-7-22(16)27-24(30)26-19-14-20(17-8-10-18(25)11-9-17)21(15-19)23(29)28-12-4-5-13-28/h2-3,6-11,19-21H,4-5,12-15H2,1H3,(H2,26,27,30)/t19-,20+,21-/m0/s1. The number of carbonyl (C=O) groups excluding carboxylic acids is 2. The molecule has 1 aliphatic carbocycles. The molecule has 0 spiro atoms. The van der Waals surface area contributed by atoms with Gasteiger partial charge in [-0.2, -0.15) is 0 Å². The minimum atomic E-state index is -0.286. The van der Waals surface area contributed by atoms with Crippen LogP contribution >= 0.6 is 0 Å². The summed E-state index contributed by atoms with van der Waals surface area (Å²) in [7, 11) is 0. The van der Waals surface area contributed by atoms with Crippen molar-refractivity contribution in [3.63, 3.8) is 0 Å². The van der Waals surface area contributed by atoms with Gasteiger partial charge in [0.15, 0.2) is 0 Å². The number of aryl methyl sites for hydroxylation is 1. The second kappa shape index (κ2) is 8.86. The zero-order valence-electron chi connectivity index (χ0n) is 17.2. The Hall–Kier alpha value is -2.89. The summed E-state index contributed by atoms with van der Waals surface area (Å²) in [6.07, 6.45) is 3.34. The van der Waals surface area contributed by atoms with Crippen LogP contribution in [0.25, 0.3) is 0 Å². The van der Waals surface area contributed by atoms with Crippen molar-refractivity contribution in [2.24, 2.45) is 5.92 Å². The number of amides is 3. The zero-order chi connectivity index (χ0) is 21.1. The van der Waals surface area contributed by atoms with Crippen LogP contribution in [-0.2, 0) is 4.79 Å². The fourth-order valence-corrected chi connectivity index (χ4v) is 4.74. The Morgan fingerprint density at radius 3 is 2.40 bits per heavy atom. The highest BCUT2D eigenvalue weighted by atomic mass is 19.1. The third kappa shape index (κ3) is 4.48. The lowest BCUT2D eigenvalue weighted by atomic mass is 9.88. The van der Waals surface area contributed by atoms with Crippen molar-refractivity contribution in [3.8, 4) is 0 Å². The van der Waals surface area contributed by atoms with Crippen molar-refractivity contribution in [3.05, 3.63) is 65.5 Å². The summed E-state index contributed by atoms with van der Waals surface area (Å²) in [5, 5.41) is 5.95. The normalized spacial score (nSPS) is 23.4. The number of para-hydroxylation sites is 1. The summed E-state index contributed by atoms with van der Waals surface area (Å²) in [6.45, 7) is 3.55. The lowest BCUT2D eigenvalue weighted by Crippen LogP contribution is -2.38. The number of urea groups is 1. The Bertz CT molecular complexity index is 909. The molecule has 2 aliphatic rings. The van der Waals surface area contributed by atoms with Gasteiger partial charge in [0.25, 0.3) is 0 Å². The molecule has 1 saturated heterocycles. The molecule has 3 atom stereocenters. The lowest BCUT2D eigenvalue weighted by Gasteiger charge is -2.24. The van der Waals surface area contributed by atoms with Crippen molar-refractivity contribution in [1.82, 2.24) is 10.2 Å². The number of nitrogens with one attached hydrogen (secondary N) is 2. The molecular formula is C24H28FN3O2. The summed E-state index contributed by atoms with van der Waals surface area (Å²) >= 11 is 0. The Morgan fingerprint density at radius 1 is 1.00 bits per heavy atom. The third-order valence-corrected chi connectivity index (χ3v) is 6.32. The molecule has 0 radical (unpaired) electrons. The van der Waals surface area contributed by atoms with Gasteiger partial charge in [-0.25, -0.2) is 9.18 Å². The Balaban J connectivity index is 1.48. The molecule has 1 saturated carbocycles. The number of carbonyl (C=O) groups is 2. The number of halogens is 1. The van der Waals surface area contributed by atoms with Crippen molar-refractivity contribution in [2.75, 3.05) is 18.4 Å². The maximum atomic E-state index is 13.4. The molecule has 0 bridgehead atoms. The molecule has 5 nitrogen and oxygen atoms in total. The van der Waals surface area contributed by atoms with Gasteiger partial charge in [0.2, 0.25) is 5.91 Å². The summed E-state index contributed by atoms with van der Waals surface area (Å²) in [5.74, 6) is -0.350. The Morgan fingerprint density at radius 2 is 1.70 bits per heavy atom. The molecule has 3 amide bonds. The molecule has 2 N–H and O–H groups in total. The van der Waals surface area contributed by atoms with Crippen LogP contribution in [0.2, 0.25) is 0 Å². The van der Waals surface area contributed by atoms with E-state index in [1.54, 1.807) is 12.1 Å². The maximum absolute atomic E-state index is 13.4. The number of anilines is 1. The summed E-state index contributed by atoms with van der Waals surface area (Å²) in [5.41, 5.74) is 2.72. The number of hydrogen-bond acceptors (Lipinski definition) is 2. The molecule has 1 heterocycles. The van der Waals surface area contributed by atoms with E-state index in [0.717, 1.165) is 42.7 Å². The minimum absolute atomic E-state index is 0.0255. The van der Waals surface area contributed by atoms with Gasteiger partial charge in [0.1, 0.15) is 5.82 Å². The van der Waals surface area contributed by atoms with Gasteiger partial charge in [-0.3, -0.25) is 4.79 Å². The molecule has 2 fully saturated rings. The molecule has 2 aromatic rings. The van der Waals surface area contributed by atoms with E-state index >= 15 is 0 Å². The van der Waals surface area contributed by atoms with Crippen LogP contribution in [0.1, 0.15) is 42.7 Å². The van der Waals surface area contributed by atoms with Crippen LogP contribution in [0.15, 0.2) is 48.5 Å². The fraction of sp³-hybridized carbons (Fsp3) is 0.417. The third-order valence-electron chi connectivity index (χ3n) is 6.32. The van der Waals surface area contributed by atoms with Gasteiger partial charge in [0, 0.05) is 30.7 Å². The van der Waals surface area contributed by atoms with Gasteiger partial charge in [-0.05, 0) is 67.9 Å². The zero-order valence-corrected chi connectivity index (χ0v) is 17.2. The SMILES string of the molecule is Cc1ccccc1NC(=O)N[C@@H]1C[C@H](C(=O)N2CCCC2)[C@@H](c2ccc(F)cc2)C1. The monoisotopic (exact) mass is 409 g/mol. The van der Waals surface area contributed by atoms with E-state index in [4.69, 9.17) is 0 Å². The van der Waals surface area contributed by atoms with E-state index in [1.165, 1.54) is 12.1 Å². The molecule has 2 aromatic carbocycles. The number of hydrogen-bond donors (Lipinski definition) is 2. The van der Waals surface area contributed by atoms with Crippen LogP contribution in [0, 0.1) is 18.7 Å². The fourth-order valence-electron chi connectivity index (χ4n) is 4.74. The van der Waals surface area contributed by atoms with Crippen LogP contribution in [-0.4, -0.2) is 36.0 Å². The van der Waals surface area contributed by atoms with Gasteiger partial charge < -0.3 is 15.5 Å². The van der Waals surface area contributed by atoms with Crippen LogP contribution in [0.3, 0.4) is 0 Å². The van der Waals surface area contributed by atoms with E-state index in [1.807, 2.05) is 36.1 Å². The number of rotatable bonds is 4. The summed E-state index contributed by atoms with van der Waals surface area (Å²) in [6, 6.07) is 13.7. The van der Waals surface area contributed by atoms with Crippen LogP contribution in [0.4, 0.5) is 14.9 Å². The summed E-state index contributed by atoms with van der Waals surface area (Å²) < 4.78 is 13.4. The first-order chi connectivity index (χ1) is 14.5. The number of nitrogens with zero attached hydrogens (tertiary/aromatic N) is 1. The first kappa shape index (κ1) is 20.4. The van der Waals surface area contributed by atoms with E-state index in [0.29, 0.717) is 12.8 Å². The van der Waals surface area contributed by atoms with Crippen molar-refractivity contribution in [2.45, 2.75) is 44.6 Å². The highest BCUT2D eigenvalue weighted by molar-refractivity contribution is 5.90. The minimum Gasteiger partial charge on any atom is -0.342 e. The average molecular weight is 410 g/mol. The predicted octanol–water partition coefficient (Wildman–Crippen LogP) is 4.44. The number of benzene rings is 2. The molecule has 30 heavy (non-hydrogen) atoms. The maximum Gasteiger partial charge on any atom is 0.319 e. The largest absolute Gasteiger partial charge is 0.342 e. The van der Waals surface area contributed by atoms with Crippen molar-refractivity contribution < 1.29 is 14.0 Å².